The molecule has 3 rings (SSSR count). The maximum atomic E-state index is 12.6. The maximum absolute atomic E-state index is 12.6. The number of amides is 1. The van der Waals surface area contributed by atoms with Crippen molar-refractivity contribution in [2.45, 2.75) is 20.0 Å². The monoisotopic (exact) mass is 346 g/mol. The van der Waals surface area contributed by atoms with E-state index >= 15 is 0 Å². The van der Waals surface area contributed by atoms with E-state index in [1.807, 2.05) is 36.4 Å². The molecule has 0 atom stereocenters. The fraction of sp³-hybridized carbons (Fsp3) is 0.190. The molecule has 0 aliphatic carbocycles. The van der Waals surface area contributed by atoms with Crippen LogP contribution >= 0.6 is 0 Å². The molecule has 0 fully saturated rings. The Morgan fingerprint density at radius 3 is 2.54 bits per heavy atom. The Kier molecular flexibility index (Phi) is 5.59. The first-order valence-corrected chi connectivity index (χ1v) is 8.52. The van der Waals surface area contributed by atoms with E-state index in [1.54, 1.807) is 18.0 Å². The summed E-state index contributed by atoms with van der Waals surface area (Å²) in [6, 6.07) is 19.8. The number of anilines is 1. The molecular weight excluding hydrogens is 324 g/mol. The van der Waals surface area contributed by atoms with Crippen LogP contribution in [0.25, 0.3) is 0 Å². The number of aromatic nitrogens is 2. The molecule has 0 spiro atoms. The van der Waals surface area contributed by atoms with Gasteiger partial charge in [-0.05, 0) is 18.1 Å². The molecule has 5 heteroatoms. The SMILES string of the molecule is Cc1cccc(CNc2cc(C(=O)N(C)Cc3ccccc3)ncn2)c1. The van der Waals surface area contributed by atoms with Crippen molar-refractivity contribution in [3.05, 3.63) is 89.4 Å². The third kappa shape index (κ3) is 4.66. The minimum absolute atomic E-state index is 0.130. The molecule has 0 aliphatic heterocycles. The molecule has 0 unspecified atom stereocenters. The highest BCUT2D eigenvalue weighted by Crippen LogP contribution is 2.11. The van der Waals surface area contributed by atoms with Gasteiger partial charge in [0.2, 0.25) is 0 Å². The molecule has 0 bridgehead atoms. The van der Waals surface area contributed by atoms with Crippen LogP contribution in [0, 0.1) is 6.92 Å². The Morgan fingerprint density at radius 2 is 1.77 bits per heavy atom. The van der Waals surface area contributed by atoms with Crippen LogP contribution in [0.2, 0.25) is 0 Å². The summed E-state index contributed by atoms with van der Waals surface area (Å²) in [4.78, 5) is 22.6. The smallest absolute Gasteiger partial charge is 0.272 e. The number of carbonyl (C=O) groups is 1. The van der Waals surface area contributed by atoms with Gasteiger partial charge < -0.3 is 10.2 Å². The quantitative estimate of drug-likeness (QED) is 0.740. The second-order valence-corrected chi connectivity index (χ2v) is 6.28. The van der Waals surface area contributed by atoms with Crippen LogP contribution in [-0.2, 0) is 13.1 Å². The number of rotatable bonds is 6. The van der Waals surface area contributed by atoms with Gasteiger partial charge in [0.1, 0.15) is 17.8 Å². The van der Waals surface area contributed by atoms with E-state index < -0.39 is 0 Å². The standard InChI is InChI=1S/C21H22N4O/c1-16-7-6-10-18(11-16)13-22-20-12-19(23-15-24-20)21(26)25(2)14-17-8-4-3-5-9-17/h3-12,15H,13-14H2,1-2H3,(H,22,23,24). The van der Waals surface area contributed by atoms with Crippen LogP contribution in [-0.4, -0.2) is 27.8 Å². The third-order valence-corrected chi connectivity index (χ3v) is 4.05. The van der Waals surface area contributed by atoms with E-state index in [0.29, 0.717) is 24.6 Å². The second-order valence-electron chi connectivity index (χ2n) is 6.28. The van der Waals surface area contributed by atoms with Crippen LogP contribution in [0.15, 0.2) is 67.0 Å². The topological polar surface area (TPSA) is 58.1 Å². The number of nitrogens with zero attached hydrogens (tertiary/aromatic N) is 3. The molecule has 1 heterocycles. The molecule has 0 saturated carbocycles. The van der Waals surface area contributed by atoms with Crippen molar-refractivity contribution in [2.75, 3.05) is 12.4 Å². The average molecular weight is 346 g/mol. The van der Waals surface area contributed by atoms with Crippen molar-refractivity contribution in [3.8, 4) is 0 Å². The Bertz CT molecular complexity index is 880. The van der Waals surface area contributed by atoms with Gasteiger partial charge in [0.05, 0.1) is 0 Å². The zero-order valence-corrected chi connectivity index (χ0v) is 15.0. The number of benzene rings is 2. The summed E-state index contributed by atoms with van der Waals surface area (Å²) < 4.78 is 0. The van der Waals surface area contributed by atoms with Crippen LogP contribution in [0.5, 0.6) is 0 Å². The van der Waals surface area contributed by atoms with E-state index in [0.717, 1.165) is 11.1 Å². The first-order valence-electron chi connectivity index (χ1n) is 8.52. The fourth-order valence-electron chi connectivity index (χ4n) is 2.71. The second kappa shape index (κ2) is 8.25. The number of nitrogens with one attached hydrogen (secondary N) is 1. The summed E-state index contributed by atoms with van der Waals surface area (Å²) >= 11 is 0. The molecule has 1 N–H and O–H groups in total. The first-order chi connectivity index (χ1) is 12.6. The van der Waals surface area contributed by atoms with Gasteiger partial charge in [-0.1, -0.05) is 60.2 Å². The first kappa shape index (κ1) is 17.6. The lowest BCUT2D eigenvalue weighted by atomic mass is 10.1. The van der Waals surface area contributed by atoms with Gasteiger partial charge in [-0.3, -0.25) is 4.79 Å². The molecule has 1 aromatic heterocycles. The van der Waals surface area contributed by atoms with Crippen molar-refractivity contribution < 1.29 is 4.79 Å². The Morgan fingerprint density at radius 1 is 1.00 bits per heavy atom. The zero-order valence-electron chi connectivity index (χ0n) is 15.0. The summed E-state index contributed by atoms with van der Waals surface area (Å²) in [5.41, 5.74) is 3.84. The summed E-state index contributed by atoms with van der Waals surface area (Å²) in [5, 5.41) is 3.25. The molecule has 1 amide bonds. The molecule has 132 valence electrons. The van der Waals surface area contributed by atoms with Gasteiger partial charge in [-0.25, -0.2) is 9.97 Å². The summed E-state index contributed by atoms with van der Waals surface area (Å²) in [7, 11) is 1.78. The summed E-state index contributed by atoms with van der Waals surface area (Å²) in [6.45, 7) is 3.25. The minimum Gasteiger partial charge on any atom is -0.366 e. The highest BCUT2D eigenvalue weighted by atomic mass is 16.2. The fourth-order valence-corrected chi connectivity index (χ4v) is 2.71. The maximum Gasteiger partial charge on any atom is 0.272 e. The van der Waals surface area contributed by atoms with E-state index in [9.17, 15) is 4.79 Å². The predicted octanol–water partition coefficient (Wildman–Crippen LogP) is 3.67. The summed E-state index contributed by atoms with van der Waals surface area (Å²) in [5.74, 6) is 0.507. The molecular formula is C21H22N4O. The van der Waals surface area contributed by atoms with Gasteiger partial charge in [0.15, 0.2) is 0 Å². The van der Waals surface area contributed by atoms with Crippen molar-refractivity contribution in [1.29, 1.82) is 0 Å². The lowest BCUT2D eigenvalue weighted by Gasteiger charge is -2.17. The Hall–Kier alpha value is -3.21. The van der Waals surface area contributed by atoms with Gasteiger partial charge in [0, 0.05) is 26.2 Å². The zero-order chi connectivity index (χ0) is 18.4. The van der Waals surface area contributed by atoms with Crippen LogP contribution in [0.1, 0.15) is 27.2 Å². The third-order valence-electron chi connectivity index (χ3n) is 4.05. The molecule has 26 heavy (non-hydrogen) atoms. The van der Waals surface area contributed by atoms with E-state index in [1.165, 1.54) is 11.9 Å². The number of carbonyl (C=O) groups excluding carboxylic acids is 1. The van der Waals surface area contributed by atoms with Crippen LogP contribution < -0.4 is 5.32 Å². The van der Waals surface area contributed by atoms with E-state index in [4.69, 9.17) is 0 Å². The van der Waals surface area contributed by atoms with Crippen LogP contribution in [0.4, 0.5) is 5.82 Å². The normalized spacial score (nSPS) is 10.4. The molecule has 0 aliphatic rings. The highest BCUT2D eigenvalue weighted by Gasteiger charge is 2.14. The van der Waals surface area contributed by atoms with Gasteiger partial charge >= 0.3 is 0 Å². The van der Waals surface area contributed by atoms with Crippen molar-refractivity contribution >= 4 is 11.7 Å². The lowest BCUT2D eigenvalue weighted by molar-refractivity contribution is 0.0779. The van der Waals surface area contributed by atoms with Crippen molar-refractivity contribution in [1.82, 2.24) is 14.9 Å². The Balaban J connectivity index is 1.65. The van der Waals surface area contributed by atoms with Gasteiger partial charge in [0.25, 0.3) is 5.91 Å². The lowest BCUT2D eigenvalue weighted by Crippen LogP contribution is -2.27. The largest absolute Gasteiger partial charge is 0.366 e. The van der Waals surface area contributed by atoms with Gasteiger partial charge in [-0.15, -0.1) is 0 Å². The number of hydrogen-bond donors (Lipinski definition) is 1. The van der Waals surface area contributed by atoms with Crippen molar-refractivity contribution in [2.24, 2.45) is 0 Å². The van der Waals surface area contributed by atoms with E-state index in [2.05, 4.69) is 40.4 Å². The van der Waals surface area contributed by atoms with Crippen molar-refractivity contribution in [3.63, 3.8) is 0 Å². The van der Waals surface area contributed by atoms with E-state index in [-0.39, 0.29) is 5.91 Å². The molecule has 0 radical (unpaired) electrons. The molecule has 2 aromatic carbocycles. The molecule has 0 saturated heterocycles. The predicted molar refractivity (Wildman–Crippen MR) is 103 cm³/mol. The number of aryl methyl sites for hydroxylation is 1. The molecule has 5 nitrogen and oxygen atoms in total. The summed E-state index contributed by atoms with van der Waals surface area (Å²) in [6.07, 6.45) is 1.42. The average Bonchev–Trinajstić information content (AvgIpc) is 2.67. The van der Waals surface area contributed by atoms with Gasteiger partial charge in [-0.2, -0.15) is 0 Å². The minimum atomic E-state index is -0.130. The Labute approximate surface area is 153 Å². The molecule has 3 aromatic rings. The van der Waals surface area contributed by atoms with Crippen LogP contribution in [0.3, 0.4) is 0 Å². The number of hydrogen-bond acceptors (Lipinski definition) is 4. The highest BCUT2D eigenvalue weighted by molar-refractivity contribution is 5.92.